The number of rotatable bonds is 6. The van der Waals surface area contributed by atoms with Crippen molar-refractivity contribution >= 4 is 17.5 Å². The molecule has 2 heterocycles. The summed E-state index contributed by atoms with van der Waals surface area (Å²) in [5, 5.41) is 0.715. The molecule has 0 spiro atoms. The molecule has 6 heteroatoms. The Morgan fingerprint density at radius 2 is 1.83 bits per heavy atom. The molecule has 1 aromatic rings. The Bertz CT molecular complexity index is 524. The minimum Gasteiger partial charge on any atom is -0.490 e. The number of nitrogens with one attached hydrogen (secondary N) is 2. The first-order valence-electron chi connectivity index (χ1n) is 8.86. The van der Waals surface area contributed by atoms with E-state index in [1.54, 1.807) is 0 Å². The standard InChI is InChI=1S/C18H26ClN3O2/c19-15-4-6-16(7-5-15)24-17-8-10-22(11-9-17)18(23)3-1-2-14-12-20-21-13-14/h4-7,14,17,20-21H,1-3,8-13H2. The number of halogens is 1. The van der Waals surface area contributed by atoms with Gasteiger partial charge >= 0.3 is 0 Å². The lowest BCUT2D eigenvalue weighted by atomic mass is 10.0. The molecule has 0 radical (unpaired) electrons. The number of ether oxygens (including phenoxy) is 1. The van der Waals surface area contributed by atoms with Gasteiger partial charge in [0.1, 0.15) is 11.9 Å². The van der Waals surface area contributed by atoms with Gasteiger partial charge in [0, 0.05) is 50.5 Å². The van der Waals surface area contributed by atoms with Crippen LogP contribution in [0.15, 0.2) is 24.3 Å². The third-order valence-corrected chi connectivity index (χ3v) is 5.07. The Balaban J connectivity index is 1.34. The van der Waals surface area contributed by atoms with Crippen LogP contribution in [0, 0.1) is 5.92 Å². The topological polar surface area (TPSA) is 53.6 Å². The number of amides is 1. The van der Waals surface area contributed by atoms with Crippen molar-refractivity contribution in [3.8, 4) is 5.75 Å². The lowest BCUT2D eigenvalue weighted by Gasteiger charge is -2.32. The Morgan fingerprint density at radius 3 is 2.50 bits per heavy atom. The zero-order chi connectivity index (χ0) is 16.8. The fourth-order valence-corrected chi connectivity index (χ4v) is 3.46. The number of benzene rings is 1. The molecular weight excluding hydrogens is 326 g/mol. The van der Waals surface area contributed by atoms with Gasteiger partial charge in [-0.1, -0.05) is 11.6 Å². The third-order valence-electron chi connectivity index (χ3n) is 4.82. The molecule has 2 saturated heterocycles. The van der Waals surface area contributed by atoms with Gasteiger partial charge in [-0.05, 0) is 43.0 Å². The van der Waals surface area contributed by atoms with Crippen molar-refractivity contribution in [3.05, 3.63) is 29.3 Å². The molecule has 0 aromatic heterocycles. The van der Waals surface area contributed by atoms with Crippen LogP contribution in [-0.2, 0) is 4.79 Å². The molecule has 132 valence electrons. The maximum Gasteiger partial charge on any atom is 0.222 e. The monoisotopic (exact) mass is 351 g/mol. The molecule has 5 nitrogen and oxygen atoms in total. The Labute approximate surface area is 148 Å². The summed E-state index contributed by atoms with van der Waals surface area (Å²) < 4.78 is 5.98. The first-order valence-corrected chi connectivity index (χ1v) is 9.24. The largest absolute Gasteiger partial charge is 0.490 e. The fourth-order valence-electron chi connectivity index (χ4n) is 3.34. The Morgan fingerprint density at radius 1 is 1.17 bits per heavy atom. The summed E-state index contributed by atoms with van der Waals surface area (Å²) in [6.07, 6.45) is 4.73. The van der Waals surface area contributed by atoms with Crippen LogP contribution < -0.4 is 15.6 Å². The van der Waals surface area contributed by atoms with E-state index in [1.165, 1.54) is 0 Å². The molecule has 0 saturated carbocycles. The average molecular weight is 352 g/mol. The van der Waals surface area contributed by atoms with Crippen LogP contribution >= 0.6 is 11.6 Å². The summed E-state index contributed by atoms with van der Waals surface area (Å²) in [5.41, 5.74) is 6.27. The predicted molar refractivity (Wildman–Crippen MR) is 95.0 cm³/mol. The molecule has 2 N–H and O–H groups in total. The molecule has 0 aliphatic carbocycles. The normalized spacial score (nSPS) is 19.6. The van der Waals surface area contributed by atoms with Gasteiger partial charge < -0.3 is 9.64 Å². The van der Waals surface area contributed by atoms with Gasteiger partial charge in [0.15, 0.2) is 0 Å². The molecule has 1 amide bonds. The molecule has 0 atom stereocenters. The van der Waals surface area contributed by atoms with Gasteiger partial charge in [0.2, 0.25) is 5.91 Å². The van der Waals surface area contributed by atoms with E-state index in [0.717, 1.165) is 57.6 Å². The lowest BCUT2D eigenvalue weighted by Crippen LogP contribution is -2.41. The summed E-state index contributed by atoms with van der Waals surface area (Å²) in [4.78, 5) is 14.3. The van der Waals surface area contributed by atoms with E-state index < -0.39 is 0 Å². The van der Waals surface area contributed by atoms with Crippen LogP contribution in [0.4, 0.5) is 0 Å². The van der Waals surface area contributed by atoms with Gasteiger partial charge in [-0.3, -0.25) is 15.6 Å². The van der Waals surface area contributed by atoms with Crippen molar-refractivity contribution in [2.75, 3.05) is 26.2 Å². The van der Waals surface area contributed by atoms with Gasteiger partial charge in [0.05, 0.1) is 0 Å². The highest BCUT2D eigenvalue weighted by atomic mass is 35.5. The summed E-state index contributed by atoms with van der Waals surface area (Å²) in [5.74, 6) is 1.80. The van der Waals surface area contributed by atoms with Crippen molar-refractivity contribution in [2.24, 2.45) is 5.92 Å². The molecule has 3 rings (SSSR count). The fraction of sp³-hybridized carbons (Fsp3) is 0.611. The van der Waals surface area contributed by atoms with Crippen LogP contribution in [-0.4, -0.2) is 43.1 Å². The molecule has 2 fully saturated rings. The number of carbonyl (C=O) groups excluding carboxylic acids is 1. The minimum atomic E-state index is 0.186. The van der Waals surface area contributed by atoms with Gasteiger partial charge in [-0.25, -0.2) is 0 Å². The predicted octanol–water partition coefficient (Wildman–Crippen LogP) is 2.60. The number of nitrogens with zero attached hydrogens (tertiary/aromatic N) is 1. The lowest BCUT2D eigenvalue weighted by molar-refractivity contribution is -0.133. The zero-order valence-electron chi connectivity index (χ0n) is 14.0. The first-order chi connectivity index (χ1) is 11.7. The Kier molecular flexibility index (Phi) is 6.35. The van der Waals surface area contributed by atoms with E-state index in [-0.39, 0.29) is 6.10 Å². The maximum absolute atomic E-state index is 12.3. The van der Waals surface area contributed by atoms with Crippen molar-refractivity contribution < 1.29 is 9.53 Å². The van der Waals surface area contributed by atoms with Crippen molar-refractivity contribution in [2.45, 2.75) is 38.2 Å². The molecule has 2 aliphatic rings. The second kappa shape index (κ2) is 8.70. The van der Waals surface area contributed by atoms with Crippen molar-refractivity contribution in [3.63, 3.8) is 0 Å². The summed E-state index contributed by atoms with van der Waals surface area (Å²) in [7, 11) is 0. The Hall–Kier alpha value is -1.30. The van der Waals surface area contributed by atoms with Crippen molar-refractivity contribution in [1.29, 1.82) is 0 Å². The van der Waals surface area contributed by atoms with E-state index in [4.69, 9.17) is 16.3 Å². The van der Waals surface area contributed by atoms with Gasteiger partial charge in [-0.2, -0.15) is 0 Å². The number of piperidine rings is 1. The van der Waals surface area contributed by atoms with Gasteiger partial charge in [0.25, 0.3) is 0 Å². The second-order valence-corrected chi connectivity index (χ2v) is 7.11. The molecule has 0 bridgehead atoms. The molecule has 0 unspecified atom stereocenters. The number of carbonyl (C=O) groups is 1. The number of hydrogen-bond donors (Lipinski definition) is 2. The van der Waals surface area contributed by atoms with E-state index in [1.807, 2.05) is 29.2 Å². The molecule has 24 heavy (non-hydrogen) atoms. The molecular formula is C18H26ClN3O2. The number of hydrazine groups is 1. The van der Waals surface area contributed by atoms with E-state index in [0.29, 0.717) is 23.3 Å². The van der Waals surface area contributed by atoms with Gasteiger partial charge in [-0.15, -0.1) is 0 Å². The van der Waals surface area contributed by atoms with Crippen LogP contribution in [0.1, 0.15) is 32.1 Å². The smallest absolute Gasteiger partial charge is 0.222 e. The highest BCUT2D eigenvalue weighted by Gasteiger charge is 2.24. The van der Waals surface area contributed by atoms with Crippen LogP contribution in [0.3, 0.4) is 0 Å². The molecule has 2 aliphatic heterocycles. The highest BCUT2D eigenvalue weighted by Crippen LogP contribution is 2.21. The number of hydrogen-bond acceptors (Lipinski definition) is 4. The average Bonchev–Trinajstić information content (AvgIpc) is 3.11. The summed E-state index contributed by atoms with van der Waals surface area (Å²) >= 11 is 5.88. The maximum atomic E-state index is 12.3. The van der Waals surface area contributed by atoms with Crippen LogP contribution in [0.25, 0.3) is 0 Å². The highest BCUT2D eigenvalue weighted by molar-refractivity contribution is 6.30. The SMILES string of the molecule is O=C(CCCC1CNNC1)N1CCC(Oc2ccc(Cl)cc2)CC1. The van der Waals surface area contributed by atoms with Crippen molar-refractivity contribution in [1.82, 2.24) is 15.8 Å². The van der Waals surface area contributed by atoms with Crippen LogP contribution in [0.2, 0.25) is 5.02 Å². The van der Waals surface area contributed by atoms with E-state index in [2.05, 4.69) is 10.9 Å². The van der Waals surface area contributed by atoms with Crippen LogP contribution in [0.5, 0.6) is 5.75 Å². The second-order valence-electron chi connectivity index (χ2n) is 6.67. The van der Waals surface area contributed by atoms with E-state index >= 15 is 0 Å². The quantitative estimate of drug-likeness (QED) is 0.827. The zero-order valence-corrected chi connectivity index (χ0v) is 14.7. The summed E-state index contributed by atoms with van der Waals surface area (Å²) in [6, 6.07) is 7.47. The molecule has 1 aromatic carbocycles. The minimum absolute atomic E-state index is 0.186. The van der Waals surface area contributed by atoms with E-state index in [9.17, 15) is 4.79 Å². The number of likely N-dealkylation sites (tertiary alicyclic amines) is 1. The summed E-state index contributed by atoms with van der Waals surface area (Å²) in [6.45, 7) is 3.62. The third kappa shape index (κ3) is 5.10. The first kappa shape index (κ1) is 17.5.